The summed E-state index contributed by atoms with van der Waals surface area (Å²) in [5.74, 6) is -1.14. The molecule has 0 unspecified atom stereocenters. The smallest absolute Gasteiger partial charge is 0.318 e. The highest BCUT2D eigenvalue weighted by Gasteiger charge is 2.37. The Kier molecular flexibility index (Phi) is 4.01. The van der Waals surface area contributed by atoms with Gasteiger partial charge in [-0.3, -0.25) is 4.79 Å². The Morgan fingerprint density at radius 1 is 1.32 bits per heavy atom. The van der Waals surface area contributed by atoms with Gasteiger partial charge in [0.1, 0.15) is 6.54 Å². The molecule has 0 saturated heterocycles. The average Bonchev–Trinajstić information content (AvgIpc) is 3.19. The zero-order valence-corrected chi connectivity index (χ0v) is 11.1. The van der Waals surface area contributed by atoms with Crippen molar-refractivity contribution in [2.24, 2.45) is 0 Å². The third kappa shape index (κ3) is 3.90. The molecule has 1 fully saturated rings. The molecule has 1 aliphatic carbocycles. The molecule has 6 heteroatoms. The van der Waals surface area contributed by atoms with Crippen molar-refractivity contribution >= 4 is 22.1 Å². The molecule has 0 radical (unpaired) electrons. The zero-order valence-electron chi connectivity index (χ0n) is 10.3. The highest BCUT2D eigenvalue weighted by Crippen LogP contribution is 2.29. The number of carboxylic acid groups (broad SMARTS) is 1. The molecule has 1 saturated carbocycles. The molecule has 0 bridgehead atoms. The van der Waals surface area contributed by atoms with Crippen molar-refractivity contribution in [2.75, 3.05) is 6.54 Å². The number of hydrogen-bond acceptors (Lipinski definition) is 3. The zero-order chi connectivity index (χ0) is 13.9. The van der Waals surface area contributed by atoms with Crippen molar-refractivity contribution in [2.45, 2.75) is 18.9 Å². The van der Waals surface area contributed by atoms with Crippen molar-refractivity contribution in [1.82, 2.24) is 4.31 Å². The van der Waals surface area contributed by atoms with E-state index >= 15 is 0 Å². The fraction of sp³-hybridized carbons (Fsp3) is 0.308. The summed E-state index contributed by atoms with van der Waals surface area (Å²) in [6, 6.07) is 8.86. The van der Waals surface area contributed by atoms with Crippen molar-refractivity contribution in [3.05, 3.63) is 41.3 Å². The third-order valence-corrected chi connectivity index (χ3v) is 4.37. The monoisotopic (exact) mass is 281 g/mol. The SMILES string of the molecule is O=C(O)CN(C1CC1)S(=O)(=O)C=Cc1ccccc1. The van der Waals surface area contributed by atoms with Gasteiger partial charge in [0.05, 0.1) is 0 Å². The molecule has 2 rings (SSSR count). The Bertz CT molecular complexity index is 576. The predicted octanol–water partition coefficient (Wildman–Crippen LogP) is 1.54. The normalized spacial score (nSPS) is 16.1. The van der Waals surface area contributed by atoms with E-state index in [0.29, 0.717) is 0 Å². The van der Waals surface area contributed by atoms with E-state index in [2.05, 4.69) is 0 Å². The average molecular weight is 281 g/mol. The second-order valence-electron chi connectivity index (χ2n) is 4.43. The largest absolute Gasteiger partial charge is 0.480 e. The Balaban J connectivity index is 2.16. The molecule has 1 aromatic rings. The van der Waals surface area contributed by atoms with Crippen LogP contribution < -0.4 is 0 Å². The molecule has 0 atom stereocenters. The van der Waals surface area contributed by atoms with Crippen LogP contribution in [-0.2, 0) is 14.8 Å². The highest BCUT2D eigenvalue weighted by atomic mass is 32.2. The van der Waals surface area contributed by atoms with Gasteiger partial charge >= 0.3 is 5.97 Å². The first kappa shape index (κ1) is 13.8. The summed E-state index contributed by atoms with van der Waals surface area (Å²) in [4.78, 5) is 10.7. The Morgan fingerprint density at radius 2 is 1.95 bits per heavy atom. The van der Waals surface area contributed by atoms with Crippen molar-refractivity contribution in [1.29, 1.82) is 0 Å². The van der Waals surface area contributed by atoms with Gasteiger partial charge in [-0.15, -0.1) is 0 Å². The molecule has 102 valence electrons. The molecule has 0 aromatic heterocycles. The second kappa shape index (κ2) is 5.54. The van der Waals surface area contributed by atoms with Gasteiger partial charge in [-0.05, 0) is 24.5 Å². The van der Waals surface area contributed by atoms with Crippen LogP contribution in [0.25, 0.3) is 6.08 Å². The number of hydrogen-bond donors (Lipinski definition) is 1. The third-order valence-electron chi connectivity index (χ3n) is 2.80. The molecule has 0 aliphatic heterocycles. The topological polar surface area (TPSA) is 74.7 Å². The summed E-state index contributed by atoms with van der Waals surface area (Å²) < 4.78 is 25.2. The number of rotatable bonds is 6. The minimum atomic E-state index is -3.68. The van der Waals surface area contributed by atoms with E-state index in [9.17, 15) is 13.2 Å². The summed E-state index contributed by atoms with van der Waals surface area (Å²) in [6.45, 7) is -0.480. The van der Waals surface area contributed by atoms with Crippen LogP contribution in [0.15, 0.2) is 35.7 Å². The maximum atomic E-state index is 12.1. The summed E-state index contributed by atoms with van der Waals surface area (Å²) >= 11 is 0. The Hall–Kier alpha value is -1.66. The van der Waals surface area contributed by atoms with Crippen LogP contribution in [0.5, 0.6) is 0 Å². The van der Waals surface area contributed by atoms with E-state index in [1.807, 2.05) is 18.2 Å². The summed E-state index contributed by atoms with van der Waals surface area (Å²) in [5, 5.41) is 9.85. The molecule has 5 nitrogen and oxygen atoms in total. The molecular weight excluding hydrogens is 266 g/mol. The van der Waals surface area contributed by atoms with E-state index in [-0.39, 0.29) is 6.04 Å². The van der Waals surface area contributed by atoms with E-state index in [0.717, 1.165) is 28.1 Å². The number of sulfonamides is 1. The van der Waals surface area contributed by atoms with E-state index in [4.69, 9.17) is 5.11 Å². The van der Waals surface area contributed by atoms with Crippen LogP contribution in [0.1, 0.15) is 18.4 Å². The lowest BCUT2D eigenvalue weighted by Gasteiger charge is -2.17. The van der Waals surface area contributed by atoms with Gasteiger partial charge in [-0.2, -0.15) is 4.31 Å². The van der Waals surface area contributed by atoms with Crippen molar-refractivity contribution < 1.29 is 18.3 Å². The van der Waals surface area contributed by atoms with E-state index in [1.165, 1.54) is 6.08 Å². The van der Waals surface area contributed by atoms with Crippen LogP contribution in [0.3, 0.4) is 0 Å². The van der Waals surface area contributed by atoms with Crippen LogP contribution >= 0.6 is 0 Å². The second-order valence-corrected chi connectivity index (χ2v) is 6.20. The van der Waals surface area contributed by atoms with Crippen LogP contribution in [0.2, 0.25) is 0 Å². The molecule has 0 spiro atoms. The lowest BCUT2D eigenvalue weighted by molar-refractivity contribution is -0.137. The molecule has 0 heterocycles. The van der Waals surface area contributed by atoms with Gasteiger partial charge in [-0.25, -0.2) is 8.42 Å². The first-order valence-corrected chi connectivity index (χ1v) is 7.46. The quantitative estimate of drug-likeness (QED) is 0.858. The number of nitrogens with zero attached hydrogens (tertiary/aromatic N) is 1. The minimum Gasteiger partial charge on any atom is -0.480 e. The number of carboxylic acids is 1. The number of carbonyl (C=O) groups is 1. The summed E-state index contributed by atoms with van der Waals surface area (Å²) in [5.41, 5.74) is 0.761. The van der Waals surface area contributed by atoms with Crippen molar-refractivity contribution in [3.63, 3.8) is 0 Å². The maximum absolute atomic E-state index is 12.1. The Morgan fingerprint density at radius 3 is 2.47 bits per heavy atom. The summed E-state index contributed by atoms with van der Waals surface area (Å²) in [7, 11) is -3.68. The molecule has 1 N–H and O–H groups in total. The minimum absolute atomic E-state index is 0.165. The van der Waals surface area contributed by atoms with Gasteiger partial charge in [-0.1, -0.05) is 30.3 Å². The van der Waals surface area contributed by atoms with Crippen LogP contribution in [0, 0.1) is 0 Å². The van der Waals surface area contributed by atoms with Gasteiger partial charge in [0.2, 0.25) is 10.0 Å². The molecule has 1 aromatic carbocycles. The molecular formula is C13H15NO4S. The molecule has 19 heavy (non-hydrogen) atoms. The highest BCUT2D eigenvalue weighted by molar-refractivity contribution is 7.92. The fourth-order valence-corrected chi connectivity index (χ4v) is 3.13. The predicted molar refractivity (Wildman–Crippen MR) is 71.8 cm³/mol. The number of benzene rings is 1. The van der Waals surface area contributed by atoms with E-state index in [1.54, 1.807) is 12.1 Å². The molecule has 0 amide bonds. The standard InChI is InChI=1S/C13H15NO4S/c15-13(16)10-14(12-6-7-12)19(17,18)9-8-11-4-2-1-3-5-11/h1-5,8-9,12H,6-7,10H2,(H,15,16). The van der Waals surface area contributed by atoms with Crippen LogP contribution in [0.4, 0.5) is 0 Å². The number of aliphatic carboxylic acids is 1. The van der Waals surface area contributed by atoms with Crippen LogP contribution in [-0.4, -0.2) is 36.4 Å². The Labute approximate surface area is 112 Å². The first-order valence-electron chi connectivity index (χ1n) is 5.96. The van der Waals surface area contributed by atoms with Gasteiger partial charge < -0.3 is 5.11 Å². The lowest BCUT2D eigenvalue weighted by atomic mass is 10.2. The van der Waals surface area contributed by atoms with Crippen molar-refractivity contribution in [3.8, 4) is 0 Å². The lowest BCUT2D eigenvalue weighted by Crippen LogP contribution is -2.36. The fourth-order valence-electron chi connectivity index (χ4n) is 1.73. The first-order chi connectivity index (χ1) is 8.99. The van der Waals surface area contributed by atoms with Gasteiger partial charge in [0, 0.05) is 11.4 Å². The van der Waals surface area contributed by atoms with E-state index < -0.39 is 22.5 Å². The maximum Gasteiger partial charge on any atom is 0.318 e. The van der Waals surface area contributed by atoms with Gasteiger partial charge in [0.25, 0.3) is 0 Å². The summed E-state index contributed by atoms with van der Waals surface area (Å²) in [6.07, 6.45) is 2.93. The van der Waals surface area contributed by atoms with Gasteiger partial charge in [0.15, 0.2) is 0 Å². The molecule has 1 aliphatic rings.